The topological polar surface area (TPSA) is 38.7 Å². The zero-order valence-corrected chi connectivity index (χ0v) is 15.7. The summed E-state index contributed by atoms with van der Waals surface area (Å²) in [5.74, 6) is 2.28. The summed E-state index contributed by atoms with van der Waals surface area (Å²) >= 11 is 0. The number of rotatable bonds is 7. The summed E-state index contributed by atoms with van der Waals surface area (Å²) in [7, 11) is -1.69. The summed E-state index contributed by atoms with van der Waals surface area (Å²) < 4.78 is 11.3. The maximum absolute atomic E-state index is 11.0. The van der Waals surface area contributed by atoms with Crippen molar-refractivity contribution in [2.45, 2.75) is 71.5 Å². The number of benzene rings is 1. The van der Waals surface area contributed by atoms with Gasteiger partial charge in [-0.05, 0) is 17.2 Å². The normalized spacial score (nSPS) is 13.9. The average Bonchev–Trinajstić information content (AvgIpc) is 2.96. The van der Waals surface area contributed by atoms with Crippen molar-refractivity contribution in [2.75, 3.05) is 6.79 Å². The highest BCUT2D eigenvalue weighted by Crippen LogP contribution is 2.45. The van der Waals surface area contributed by atoms with Crippen LogP contribution in [0.4, 0.5) is 0 Å². The SMILES string of the molecule is CCCC[Si](CC)(CC)c1cc2c(c(C(C)C)c1O)OCO2. The van der Waals surface area contributed by atoms with E-state index in [1.54, 1.807) is 0 Å². The van der Waals surface area contributed by atoms with Gasteiger partial charge in [-0.3, -0.25) is 0 Å². The van der Waals surface area contributed by atoms with Crippen molar-refractivity contribution in [1.29, 1.82) is 0 Å². The first-order valence-corrected chi connectivity index (χ1v) is 11.3. The van der Waals surface area contributed by atoms with Gasteiger partial charge in [-0.15, -0.1) is 0 Å². The van der Waals surface area contributed by atoms with Crippen LogP contribution in [-0.4, -0.2) is 20.0 Å². The lowest BCUT2D eigenvalue weighted by Crippen LogP contribution is -2.46. The second-order valence-corrected chi connectivity index (χ2v) is 11.7. The fourth-order valence-electron chi connectivity index (χ4n) is 3.63. The Labute approximate surface area is 135 Å². The van der Waals surface area contributed by atoms with Gasteiger partial charge in [0.15, 0.2) is 11.5 Å². The van der Waals surface area contributed by atoms with Gasteiger partial charge in [0.05, 0.1) is 8.07 Å². The summed E-state index contributed by atoms with van der Waals surface area (Å²) in [4.78, 5) is 0. The average molecular weight is 323 g/mol. The van der Waals surface area contributed by atoms with E-state index in [1.807, 2.05) is 0 Å². The summed E-state index contributed by atoms with van der Waals surface area (Å²) in [5, 5.41) is 12.2. The van der Waals surface area contributed by atoms with E-state index in [0.29, 0.717) is 5.75 Å². The van der Waals surface area contributed by atoms with Crippen molar-refractivity contribution in [3.8, 4) is 17.2 Å². The highest BCUT2D eigenvalue weighted by atomic mass is 28.3. The van der Waals surface area contributed by atoms with Crippen molar-refractivity contribution in [3.05, 3.63) is 11.6 Å². The number of aromatic hydroxyl groups is 1. The quantitative estimate of drug-likeness (QED) is 0.737. The second kappa shape index (κ2) is 6.94. The van der Waals surface area contributed by atoms with Crippen molar-refractivity contribution < 1.29 is 14.6 Å². The third kappa shape index (κ3) is 2.85. The zero-order valence-electron chi connectivity index (χ0n) is 14.7. The van der Waals surface area contributed by atoms with E-state index in [0.717, 1.165) is 29.2 Å². The van der Waals surface area contributed by atoms with Gasteiger partial charge in [-0.1, -0.05) is 65.6 Å². The molecule has 1 aliphatic rings. The monoisotopic (exact) mass is 322 g/mol. The molecule has 1 aromatic rings. The Morgan fingerprint density at radius 2 is 1.86 bits per heavy atom. The fourth-order valence-corrected chi connectivity index (χ4v) is 7.98. The smallest absolute Gasteiger partial charge is 0.231 e. The maximum atomic E-state index is 11.0. The lowest BCUT2D eigenvalue weighted by molar-refractivity contribution is 0.173. The molecule has 0 unspecified atom stereocenters. The molecule has 0 amide bonds. The molecule has 0 aromatic heterocycles. The van der Waals surface area contributed by atoms with Crippen LogP contribution in [0.1, 0.15) is 58.9 Å². The number of fused-ring (bicyclic) bond motifs is 1. The molecular weight excluding hydrogens is 292 g/mol. The number of hydrogen-bond acceptors (Lipinski definition) is 3. The molecule has 124 valence electrons. The first-order chi connectivity index (χ1) is 10.5. The largest absolute Gasteiger partial charge is 0.508 e. The standard InChI is InChI=1S/C18H30O3Si/c1-6-9-10-22(7-2,8-3)15-11-14-18(21-12-20-14)16(13(4)5)17(15)19/h11,13,19H,6-10,12H2,1-5H3. The van der Waals surface area contributed by atoms with Crippen molar-refractivity contribution in [2.24, 2.45) is 0 Å². The Balaban J connectivity index is 2.60. The van der Waals surface area contributed by atoms with E-state index in [2.05, 4.69) is 40.7 Å². The third-order valence-corrected chi connectivity index (χ3v) is 10.7. The predicted octanol–water partition coefficient (Wildman–Crippen LogP) is 4.74. The summed E-state index contributed by atoms with van der Waals surface area (Å²) in [6.07, 6.45) is 2.44. The van der Waals surface area contributed by atoms with Gasteiger partial charge in [0.2, 0.25) is 6.79 Å². The van der Waals surface area contributed by atoms with E-state index in [4.69, 9.17) is 9.47 Å². The Kier molecular flexibility index (Phi) is 5.43. The maximum Gasteiger partial charge on any atom is 0.231 e. The van der Waals surface area contributed by atoms with Gasteiger partial charge in [-0.2, -0.15) is 0 Å². The zero-order chi connectivity index (χ0) is 16.3. The molecule has 0 saturated heterocycles. The van der Waals surface area contributed by atoms with Crippen LogP contribution in [0.2, 0.25) is 18.1 Å². The minimum atomic E-state index is -1.69. The van der Waals surface area contributed by atoms with E-state index in [1.165, 1.54) is 24.1 Å². The summed E-state index contributed by atoms with van der Waals surface area (Å²) in [6.45, 7) is 11.3. The lowest BCUT2D eigenvalue weighted by Gasteiger charge is -2.32. The van der Waals surface area contributed by atoms with Gasteiger partial charge in [0.25, 0.3) is 0 Å². The van der Waals surface area contributed by atoms with Crippen molar-refractivity contribution in [3.63, 3.8) is 0 Å². The molecule has 1 N–H and O–H groups in total. The molecule has 4 heteroatoms. The molecule has 0 aliphatic carbocycles. The highest BCUT2D eigenvalue weighted by molar-refractivity contribution is 6.92. The van der Waals surface area contributed by atoms with Gasteiger partial charge >= 0.3 is 0 Å². The number of unbranched alkanes of at least 4 members (excludes halogenated alkanes) is 1. The van der Waals surface area contributed by atoms with E-state index in [-0.39, 0.29) is 12.7 Å². The van der Waals surface area contributed by atoms with Crippen LogP contribution >= 0.6 is 0 Å². The number of ether oxygens (including phenoxy) is 2. The van der Waals surface area contributed by atoms with E-state index >= 15 is 0 Å². The molecule has 1 aromatic carbocycles. The van der Waals surface area contributed by atoms with Crippen LogP contribution in [-0.2, 0) is 0 Å². The molecular formula is C18H30O3Si. The Morgan fingerprint density at radius 1 is 1.18 bits per heavy atom. The van der Waals surface area contributed by atoms with Crippen molar-refractivity contribution >= 4 is 13.3 Å². The molecule has 1 heterocycles. The van der Waals surface area contributed by atoms with Crippen LogP contribution in [0.5, 0.6) is 17.2 Å². The molecule has 2 rings (SSSR count). The molecule has 0 bridgehead atoms. The predicted molar refractivity (Wildman–Crippen MR) is 94.4 cm³/mol. The molecule has 0 saturated carbocycles. The van der Waals surface area contributed by atoms with Crippen LogP contribution in [0.15, 0.2) is 6.07 Å². The molecule has 0 radical (unpaired) electrons. The minimum Gasteiger partial charge on any atom is -0.508 e. The van der Waals surface area contributed by atoms with Gasteiger partial charge in [0, 0.05) is 5.56 Å². The van der Waals surface area contributed by atoms with E-state index in [9.17, 15) is 5.11 Å². The number of hydrogen-bond donors (Lipinski definition) is 1. The lowest BCUT2D eigenvalue weighted by atomic mass is 10.0. The Bertz CT molecular complexity index is 522. The molecule has 1 aliphatic heterocycles. The number of phenolic OH excluding ortho intramolecular Hbond substituents is 1. The van der Waals surface area contributed by atoms with Crippen molar-refractivity contribution in [1.82, 2.24) is 0 Å². The molecule has 0 atom stereocenters. The minimum absolute atomic E-state index is 0.224. The first-order valence-electron chi connectivity index (χ1n) is 8.66. The molecule has 3 nitrogen and oxygen atoms in total. The summed E-state index contributed by atoms with van der Waals surface area (Å²) in [6, 6.07) is 5.64. The summed E-state index contributed by atoms with van der Waals surface area (Å²) in [5.41, 5.74) is 0.931. The van der Waals surface area contributed by atoms with Crippen LogP contribution < -0.4 is 14.7 Å². The van der Waals surface area contributed by atoms with Gasteiger partial charge in [0.1, 0.15) is 5.75 Å². The fraction of sp³-hybridized carbons (Fsp3) is 0.667. The van der Waals surface area contributed by atoms with Gasteiger partial charge in [-0.25, -0.2) is 0 Å². The van der Waals surface area contributed by atoms with Crippen LogP contribution in [0.3, 0.4) is 0 Å². The first kappa shape index (κ1) is 17.2. The third-order valence-electron chi connectivity index (χ3n) is 5.18. The van der Waals surface area contributed by atoms with Crippen LogP contribution in [0.25, 0.3) is 0 Å². The van der Waals surface area contributed by atoms with Gasteiger partial charge < -0.3 is 14.6 Å². The Morgan fingerprint density at radius 3 is 2.41 bits per heavy atom. The number of phenols is 1. The molecule has 0 spiro atoms. The molecule has 0 fully saturated rings. The second-order valence-electron chi connectivity index (χ2n) is 6.67. The highest BCUT2D eigenvalue weighted by Gasteiger charge is 2.37. The molecule has 22 heavy (non-hydrogen) atoms. The van der Waals surface area contributed by atoms with Crippen LogP contribution in [0, 0.1) is 0 Å². The Hall–Kier alpha value is -1.16. The van der Waals surface area contributed by atoms with E-state index < -0.39 is 8.07 Å².